The van der Waals surface area contributed by atoms with Crippen molar-refractivity contribution in [3.63, 3.8) is 0 Å². The Labute approximate surface area is 115 Å². The van der Waals surface area contributed by atoms with E-state index in [1.54, 1.807) is 23.6 Å². The minimum Gasteiger partial charge on any atom is -0.465 e. The van der Waals surface area contributed by atoms with E-state index in [9.17, 15) is 9.18 Å². The average molecular weight is 282 g/mol. The zero-order chi connectivity index (χ0) is 14.2. The van der Waals surface area contributed by atoms with Gasteiger partial charge in [0.2, 0.25) is 0 Å². The maximum Gasteiger partial charge on any atom is 0.339 e. The Morgan fingerprint density at radius 1 is 1.32 bits per heavy atom. The van der Waals surface area contributed by atoms with Gasteiger partial charge in [0.15, 0.2) is 0 Å². The van der Waals surface area contributed by atoms with E-state index in [-0.39, 0.29) is 0 Å². The summed E-state index contributed by atoms with van der Waals surface area (Å²) in [6, 6.07) is 5.88. The van der Waals surface area contributed by atoms with Gasteiger partial charge < -0.3 is 9.30 Å². The highest BCUT2D eigenvalue weighted by molar-refractivity contribution is 6.32. The van der Waals surface area contributed by atoms with Gasteiger partial charge in [-0.05, 0) is 38.1 Å². The van der Waals surface area contributed by atoms with Crippen LogP contribution in [0.15, 0.2) is 24.3 Å². The summed E-state index contributed by atoms with van der Waals surface area (Å²) in [6.07, 6.45) is 0. The number of hydrogen-bond acceptors (Lipinski definition) is 2. The highest BCUT2D eigenvalue weighted by Crippen LogP contribution is 2.27. The standard InChI is InChI=1S/C14H13ClFNO2/c1-8-6-11(14(18)19-3)9(2)17(8)13-5-4-10(16)7-12(13)15/h4-7H,1-3H3. The van der Waals surface area contributed by atoms with Crippen molar-refractivity contribution in [2.75, 3.05) is 7.11 Å². The number of methoxy groups -OCH3 is 1. The van der Waals surface area contributed by atoms with Crippen LogP contribution in [-0.4, -0.2) is 17.6 Å². The Morgan fingerprint density at radius 3 is 2.58 bits per heavy atom. The van der Waals surface area contributed by atoms with E-state index in [4.69, 9.17) is 16.3 Å². The Bertz CT molecular complexity index is 649. The Hall–Kier alpha value is -1.81. The van der Waals surface area contributed by atoms with Gasteiger partial charge in [-0.15, -0.1) is 0 Å². The van der Waals surface area contributed by atoms with Crippen LogP contribution in [0.4, 0.5) is 4.39 Å². The zero-order valence-corrected chi connectivity index (χ0v) is 11.6. The number of rotatable bonds is 2. The van der Waals surface area contributed by atoms with Crippen LogP contribution >= 0.6 is 11.6 Å². The smallest absolute Gasteiger partial charge is 0.339 e. The van der Waals surface area contributed by atoms with Crippen LogP contribution in [0.1, 0.15) is 21.7 Å². The van der Waals surface area contributed by atoms with E-state index in [1.807, 2.05) is 6.92 Å². The van der Waals surface area contributed by atoms with Gasteiger partial charge in [-0.25, -0.2) is 9.18 Å². The topological polar surface area (TPSA) is 31.2 Å². The van der Waals surface area contributed by atoms with E-state index >= 15 is 0 Å². The first kappa shape index (κ1) is 13.6. The summed E-state index contributed by atoms with van der Waals surface area (Å²) < 4.78 is 19.6. The van der Waals surface area contributed by atoms with E-state index in [0.717, 1.165) is 5.69 Å². The van der Waals surface area contributed by atoms with Gasteiger partial charge >= 0.3 is 5.97 Å². The normalized spacial score (nSPS) is 10.6. The first-order valence-electron chi connectivity index (χ1n) is 5.68. The van der Waals surface area contributed by atoms with E-state index in [0.29, 0.717) is 22.0 Å². The summed E-state index contributed by atoms with van der Waals surface area (Å²) in [7, 11) is 1.33. The summed E-state index contributed by atoms with van der Waals surface area (Å²) in [5.74, 6) is -0.804. The predicted octanol–water partition coefficient (Wildman–Crippen LogP) is 3.67. The van der Waals surface area contributed by atoms with Crippen LogP contribution < -0.4 is 0 Å². The largest absolute Gasteiger partial charge is 0.465 e. The van der Waals surface area contributed by atoms with Crippen LogP contribution in [0, 0.1) is 19.7 Å². The molecular weight excluding hydrogens is 269 g/mol. The molecule has 0 N–H and O–H groups in total. The van der Waals surface area contributed by atoms with Crippen molar-refractivity contribution < 1.29 is 13.9 Å². The summed E-state index contributed by atoms with van der Waals surface area (Å²) in [6.45, 7) is 3.64. The molecule has 1 aromatic heterocycles. The van der Waals surface area contributed by atoms with Gasteiger partial charge in [0.05, 0.1) is 23.4 Å². The van der Waals surface area contributed by atoms with Crippen LogP contribution in [0.2, 0.25) is 5.02 Å². The van der Waals surface area contributed by atoms with Crippen molar-refractivity contribution in [2.45, 2.75) is 13.8 Å². The zero-order valence-electron chi connectivity index (χ0n) is 10.8. The average Bonchev–Trinajstić information content (AvgIpc) is 2.65. The van der Waals surface area contributed by atoms with Crippen LogP contribution in [-0.2, 0) is 4.74 Å². The molecule has 1 heterocycles. The number of carbonyl (C=O) groups excluding carboxylic acids is 1. The second-order valence-electron chi connectivity index (χ2n) is 4.21. The predicted molar refractivity (Wildman–Crippen MR) is 71.6 cm³/mol. The van der Waals surface area contributed by atoms with Gasteiger partial charge in [-0.2, -0.15) is 0 Å². The van der Waals surface area contributed by atoms with E-state index in [2.05, 4.69) is 0 Å². The third kappa shape index (κ3) is 2.36. The molecule has 0 radical (unpaired) electrons. The lowest BCUT2D eigenvalue weighted by Gasteiger charge is -2.11. The number of aromatic nitrogens is 1. The van der Waals surface area contributed by atoms with E-state index < -0.39 is 11.8 Å². The molecule has 0 aliphatic heterocycles. The molecule has 0 unspecified atom stereocenters. The van der Waals surface area contributed by atoms with Gasteiger partial charge in [0, 0.05) is 11.4 Å². The van der Waals surface area contributed by atoms with Crippen molar-refractivity contribution in [3.05, 3.63) is 52.1 Å². The SMILES string of the molecule is COC(=O)c1cc(C)n(-c2ccc(F)cc2Cl)c1C. The molecule has 0 atom stereocenters. The molecule has 2 rings (SSSR count). The summed E-state index contributed by atoms with van der Waals surface area (Å²) in [4.78, 5) is 11.6. The highest BCUT2D eigenvalue weighted by Gasteiger charge is 2.18. The van der Waals surface area contributed by atoms with Gasteiger partial charge in [-0.3, -0.25) is 0 Å². The maximum atomic E-state index is 13.1. The summed E-state index contributed by atoms with van der Waals surface area (Å²) >= 11 is 6.05. The second kappa shape index (κ2) is 5.05. The molecule has 2 aromatic rings. The Balaban J connectivity index is 2.63. The number of carbonyl (C=O) groups is 1. The molecule has 1 aromatic carbocycles. The number of benzene rings is 1. The number of esters is 1. The van der Waals surface area contributed by atoms with Gasteiger partial charge in [-0.1, -0.05) is 11.6 Å². The molecule has 19 heavy (non-hydrogen) atoms. The molecule has 0 bridgehead atoms. The van der Waals surface area contributed by atoms with Crippen molar-refractivity contribution in [3.8, 4) is 5.69 Å². The molecule has 0 saturated carbocycles. The summed E-state index contributed by atoms with van der Waals surface area (Å²) in [5, 5.41) is 0.290. The maximum absolute atomic E-state index is 13.1. The molecule has 3 nitrogen and oxygen atoms in total. The number of aryl methyl sites for hydroxylation is 1. The van der Waals surface area contributed by atoms with Crippen LogP contribution in [0.5, 0.6) is 0 Å². The fourth-order valence-electron chi connectivity index (χ4n) is 2.11. The number of ether oxygens (including phenoxy) is 1. The van der Waals surface area contributed by atoms with Crippen LogP contribution in [0.3, 0.4) is 0 Å². The number of nitrogens with zero attached hydrogens (tertiary/aromatic N) is 1. The molecule has 100 valence electrons. The molecule has 5 heteroatoms. The highest BCUT2D eigenvalue weighted by atomic mass is 35.5. The molecular formula is C14H13ClFNO2. The Morgan fingerprint density at radius 2 is 2.00 bits per heavy atom. The molecule has 0 fully saturated rings. The molecule has 0 aliphatic carbocycles. The molecule has 0 spiro atoms. The number of halogens is 2. The van der Waals surface area contributed by atoms with Crippen molar-refractivity contribution in [1.29, 1.82) is 0 Å². The lowest BCUT2D eigenvalue weighted by Crippen LogP contribution is -2.05. The second-order valence-corrected chi connectivity index (χ2v) is 4.61. The van der Waals surface area contributed by atoms with Crippen LogP contribution in [0.25, 0.3) is 5.69 Å². The van der Waals surface area contributed by atoms with Crippen molar-refractivity contribution >= 4 is 17.6 Å². The Kier molecular flexibility index (Phi) is 3.62. The van der Waals surface area contributed by atoms with E-state index in [1.165, 1.54) is 19.2 Å². The minimum atomic E-state index is -0.405. The minimum absolute atomic E-state index is 0.290. The van der Waals surface area contributed by atoms with Crippen molar-refractivity contribution in [1.82, 2.24) is 4.57 Å². The fraction of sp³-hybridized carbons (Fsp3) is 0.214. The first-order chi connectivity index (χ1) is 8.95. The number of hydrogen-bond donors (Lipinski definition) is 0. The first-order valence-corrected chi connectivity index (χ1v) is 6.06. The summed E-state index contributed by atoms with van der Waals surface area (Å²) in [5.41, 5.74) is 2.64. The monoisotopic (exact) mass is 281 g/mol. The molecule has 0 amide bonds. The van der Waals surface area contributed by atoms with Gasteiger partial charge in [0.25, 0.3) is 0 Å². The molecule has 0 aliphatic rings. The van der Waals surface area contributed by atoms with Gasteiger partial charge in [0.1, 0.15) is 5.82 Å². The lowest BCUT2D eigenvalue weighted by molar-refractivity contribution is 0.0600. The lowest BCUT2D eigenvalue weighted by atomic mass is 10.2. The van der Waals surface area contributed by atoms with Crippen molar-refractivity contribution in [2.24, 2.45) is 0 Å². The third-order valence-corrected chi connectivity index (χ3v) is 3.29. The quantitative estimate of drug-likeness (QED) is 0.787. The fourth-order valence-corrected chi connectivity index (χ4v) is 2.36. The molecule has 0 saturated heterocycles. The third-order valence-electron chi connectivity index (χ3n) is 2.99.